The summed E-state index contributed by atoms with van der Waals surface area (Å²) in [4.78, 5) is 8.72. The standard InChI is InChI=1S/C13H23N3O/c1-4-5-6-7-17-12-9-15-13(10(2)3)16-11(12)8-14/h9-10H,4-8,14H2,1-3H3. The minimum Gasteiger partial charge on any atom is -0.490 e. The molecule has 1 heterocycles. The third-order valence-electron chi connectivity index (χ3n) is 2.56. The zero-order valence-electron chi connectivity index (χ0n) is 11.1. The van der Waals surface area contributed by atoms with Crippen LogP contribution >= 0.6 is 0 Å². The van der Waals surface area contributed by atoms with Crippen molar-refractivity contribution in [2.24, 2.45) is 5.73 Å². The first-order valence-electron chi connectivity index (χ1n) is 6.37. The van der Waals surface area contributed by atoms with Gasteiger partial charge in [0, 0.05) is 12.5 Å². The van der Waals surface area contributed by atoms with E-state index in [-0.39, 0.29) is 0 Å². The Kier molecular flexibility index (Phi) is 5.91. The first-order valence-corrected chi connectivity index (χ1v) is 6.37. The average Bonchev–Trinajstić information content (AvgIpc) is 2.34. The van der Waals surface area contributed by atoms with Gasteiger partial charge in [-0.3, -0.25) is 0 Å². The van der Waals surface area contributed by atoms with E-state index in [2.05, 4.69) is 30.7 Å². The third-order valence-corrected chi connectivity index (χ3v) is 2.56. The van der Waals surface area contributed by atoms with Crippen molar-refractivity contribution >= 4 is 0 Å². The topological polar surface area (TPSA) is 61.0 Å². The van der Waals surface area contributed by atoms with E-state index in [9.17, 15) is 0 Å². The van der Waals surface area contributed by atoms with Crippen LogP contribution in [-0.2, 0) is 6.54 Å². The van der Waals surface area contributed by atoms with Crippen LogP contribution in [0.2, 0.25) is 0 Å². The fourth-order valence-electron chi connectivity index (χ4n) is 1.50. The van der Waals surface area contributed by atoms with Crippen LogP contribution in [0.5, 0.6) is 5.75 Å². The molecule has 0 aromatic carbocycles. The van der Waals surface area contributed by atoms with E-state index < -0.39 is 0 Å². The van der Waals surface area contributed by atoms with Gasteiger partial charge in [0.25, 0.3) is 0 Å². The van der Waals surface area contributed by atoms with E-state index in [1.807, 2.05) is 0 Å². The van der Waals surface area contributed by atoms with Gasteiger partial charge < -0.3 is 10.5 Å². The Bertz CT molecular complexity index is 339. The lowest BCUT2D eigenvalue weighted by atomic mass is 10.2. The number of ether oxygens (including phenoxy) is 1. The van der Waals surface area contributed by atoms with Gasteiger partial charge in [-0.1, -0.05) is 33.6 Å². The Morgan fingerprint density at radius 3 is 2.71 bits per heavy atom. The summed E-state index contributed by atoms with van der Waals surface area (Å²) in [5, 5.41) is 0. The van der Waals surface area contributed by atoms with Crippen LogP contribution < -0.4 is 10.5 Å². The summed E-state index contributed by atoms with van der Waals surface area (Å²) >= 11 is 0. The van der Waals surface area contributed by atoms with Gasteiger partial charge in [0.1, 0.15) is 5.82 Å². The molecular formula is C13H23N3O. The van der Waals surface area contributed by atoms with Gasteiger partial charge in [-0.05, 0) is 6.42 Å². The third kappa shape index (κ3) is 4.30. The number of aromatic nitrogens is 2. The lowest BCUT2D eigenvalue weighted by Crippen LogP contribution is -2.09. The van der Waals surface area contributed by atoms with Crippen molar-refractivity contribution in [1.29, 1.82) is 0 Å². The van der Waals surface area contributed by atoms with Crippen LogP contribution in [0.4, 0.5) is 0 Å². The summed E-state index contributed by atoms with van der Waals surface area (Å²) < 4.78 is 5.66. The average molecular weight is 237 g/mol. The molecular weight excluding hydrogens is 214 g/mol. The predicted molar refractivity (Wildman–Crippen MR) is 69.0 cm³/mol. The van der Waals surface area contributed by atoms with Crippen molar-refractivity contribution in [1.82, 2.24) is 9.97 Å². The normalized spacial score (nSPS) is 10.9. The van der Waals surface area contributed by atoms with Crippen molar-refractivity contribution in [2.75, 3.05) is 6.61 Å². The van der Waals surface area contributed by atoms with E-state index in [1.54, 1.807) is 6.20 Å². The summed E-state index contributed by atoms with van der Waals surface area (Å²) in [5.74, 6) is 1.87. The molecule has 0 aliphatic rings. The number of hydrogen-bond acceptors (Lipinski definition) is 4. The van der Waals surface area contributed by atoms with Crippen LogP contribution in [0, 0.1) is 0 Å². The molecule has 0 spiro atoms. The van der Waals surface area contributed by atoms with Gasteiger partial charge in [0.15, 0.2) is 5.75 Å². The first kappa shape index (κ1) is 13.9. The quantitative estimate of drug-likeness (QED) is 0.740. The number of nitrogens with zero attached hydrogens (tertiary/aromatic N) is 2. The highest BCUT2D eigenvalue weighted by Crippen LogP contribution is 2.18. The van der Waals surface area contributed by atoms with Crippen LogP contribution in [0.3, 0.4) is 0 Å². The van der Waals surface area contributed by atoms with Crippen molar-refractivity contribution in [3.63, 3.8) is 0 Å². The molecule has 4 nitrogen and oxygen atoms in total. The highest BCUT2D eigenvalue weighted by molar-refractivity contribution is 5.25. The molecule has 0 fully saturated rings. The molecule has 0 radical (unpaired) electrons. The Hall–Kier alpha value is -1.16. The fraction of sp³-hybridized carbons (Fsp3) is 0.692. The van der Waals surface area contributed by atoms with E-state index >= 15 is 0 Å². The van der Waals surface area contributed by atoms with Crippen molar-refractivity contribution in [3.8, 4) is 5.75 Å². The van der Waals surface area contributed by atoms with Crippen molar-refractivity contribution in [2.45, 2.75) is 52.5 Å². The zero-order valence-corrected chi connectivity index (χ0v) is 11.1. The molecule has 0 saturated carbocycles. The summed E-state index contributed by atoms with van der Waals surface area (Å²) in [6.45, 7) is 7.41. The van der Waals surface area contributed by atoms with Gasteiger partial charge in [0.05, 0.1) is 18.5 Å². The molecule has 0 aliphatic carbocycles. The minimum atomic E-state index is 0.314. The number of nitrogens with two attached hydrogens (primary N) is 1. The smallest absolute Gasteiger partial charge is 0.160 e. The molecule has 0 aliphatic heterocycles. The molecule has 1 rings (SSSR count). The van der Waals surface area contributed by atoms with Crippen molar-refractivity contribution in [3.05, 3.63) is 17.7 Å². The SMILES string of the molecule is CCCCCOc1cnc(C(C)C)nc1CN. The zero-order chi connectivity index (χ0) is 12.7. The summed E-state index contributed by atoms with van der Waals surface area (Å²) in [6, 6.07) is 0. The minimum absolute atomic E-state index is 0.314. The molecule has 0 bridgehead atoms. The lowest BCUT2D eigenvalue weighted by Gasteiger charge is -2.11. The molecule has 0 unspecified atom stereocenters. The van der Waals surface area contributed by atoms with Gasteiger partial charge >= 0.3 is 0 Å². The largest absolute Gasteiger partial charge is 0.490 e. The molecule has 4 heteroatoms. The van der Waals surface area contributed by atoms with Crippen LogP contribution in [0.25, 0.3) is 0 Å². The van der Waals surface area contributed by atoms with E-state index in [0.717, 1.165) is 23.7 Å². The monoisotopic (exact) mass is 237 g/mol. The molecule has 1 aromatic rings. The molecule has 1 aromatic heterocycles. The number of rotatable bonds is 7. The summed E-state index contributed by atoms with van der Waals surface area (Å²) in [6.07, 6.45) is 5.18. The second-order valence-electron chi connectivity index (χ2n) is 4.45. The second kappa shape index (κ2) is 7.22. The van der Waals surface area contributed by atoms with Crippen molar-refractivity contribution < 1.29 is 4.74 Å². The summed E-state index contributed by atoms with van der Waals surface area (Å²) in [7, 11) is 0. The molecule has 96 valence electrons. The van der Waals surface area contributed by atoms with Crippen LogP contribution in [-0.4, -0.2) is 16.6 Å². The molecule has 0 amide bonds. The molecule has 0 atom stereocenters. The predicted octanol–water partition coefficient (Wildman–Crippen LogP) is 2.63. The fourth-order valence-corrected chi connectivity index (χ4v) is 1.50. The molecule has 17 heavy (non-hydrogen) atoms. The van der Waals surface area contributed by atoms with Gasteiger partial charge in [0.2, 0.25) is 0 Å². The van der Waals surface area contributed by atoms with E-state index in [4.69, 9.17) is 10.5 Å². The van der Waals surface area contributed by atoms with Gasteiger partial charge in [-0.2, -0.15) is 0 Å². The number of hydrogen-bond donors (Lipinski definition) is 1. The maximum Gasteiger partial charge on any atom is 0.160 e. The maximum atomic E-state index is 5.68. The maximum absolute atomic E-state index is 5.68. The van der Waals surface area contributed by atoms with Crippen LogP contribution in [0.1, 0.15) is 57.5 Å². The highest BCUT2D eigenvalue weighted by Gasteiger charge is 2.09. The second-order valence-corrected chi connectivity index (χ2v) is 4.45. The van der Waals surface area contributed by atoms with Crippen LogP contribution in [0.15, 0.2) is 6.20 Å². The lowest BCUT2D eigenvalue weighted by molar-refractivity contribution is 0.300. The first-order chi connectivity index (χ1) is 8.19. The summed E-state index contributed by atoms with van der Waals surface area (Å²) in [5.41, 5.74) is 6.49. The Labute approximate surface area is 104 Å². The molecule has 0 saturated heterocycles. The molecule has 2 N–H and O–H groups in total. The Balaban J connectivity index is 2.65. The highest BCUT2D eigenvalue weighted by atomic mass is 16.5. The van der Waals surface area contributed by atoms with Gasteiger partial charge in [-0.15, -0.1) is 0 Å². The van der Waals surface area contributed by atoms with E-state index in [1.165, 1.54) is 12.8 Å². The Morgan fingerprint density at radius 2 is 2.12 bits per heavy atom. The van der Waals surface area contributed by atoms with E-state index in [0.29, 0.717) is 19.1 Å². The Morgan fingerprint density at radius 1 is 1.35 bits per heavy atom. The van der Waals surface area contributed by atoms with Gasteiger partial charge in [-0.25, -0.2) is 9.97 Å². The number of unbranched alkanes of at least 4 members (excludes halogenated alkanes) is 2.